The summed E-state index contributed by atoms with van der Waals surface area (Å²) in [6.07, 6.45) is 3.37. The smallest absolute Gasteiger partial charge is 0.318 e. The van der Waals surface area contributed by atoms with Crippen molar-refractivity contribution in [3.05, 3.63) is 53.2 Å². The molecule has 2 aromatic carbocycles. The lowest BCUT2D eigenvalue weighted by Crippen LogP contribution is -2.57. The number of aromatic nitrogens is 2. The van der Waals surface area contributed by atoms with E-state index in [-0.39, 0.29) is 24.4 Å². The largest absolute Gasteiger partial charge is 0.462 e. The number of benzene rings is 2. The first kappa shape index (κ1) is 31.6. The van der Waals surface area contributed by atoms with Crippen LogP contribution in [0.15, 0.2) is 36.4 Å². The molecule has 0 spiro atoms. The van der Waals surface area contributed by atoms with Gasteiger partial charge in [0.2, 0.25) is 5.91 Å². The van der Waals surface area contributed by atoms with E-state index in [0.717, 1.165) is 56.1 Å². The molecular formula is C36H46N8O3. The number of carbonyl (C=O) groups excluding carboxylic acids is 1. The van der Waals surface area contributed by atoms with Gasteiger partial charge in [-0.3, -0.25) is 9.69 Å². The van der Waals surface area contributed by atoms with Crippen LogP contribution in [0, 0.1) is 18.3 Å². The average molecular weight is 639 g/mol. The normalized spacial score (nSPS) is 24.3. The Balaban J connectivity index is 1.16. The van der Waals surface area contributed by atoms with Crippen LogP contribution in [-0.2, 0) is 22.5 Å². The molecule has 4 aliphatic heterocycles. The molecule has 248 valence electrons. The van der Waals surface area contributed by atoms with Gasteiger partial charge < -0.3 is 29.1 Å². The minimum atomic E-state index is -0.202. The Bertz CT molecular complexity index is 1650. The van der Waals surface area contributed by atoms with Gasteiger partial charge in [-0.2, -0.15) is 15.2 Å². The monoisotopic (exact) mass is 638 g/mol. The van der Waals surface area contributed by atoms with Gasteiger partial charge in [0.25, 0.3) is 0 Å². The van der Waals surface area contributed by atoms with Crippen LogP contribution in [0.4, 0.5) is 11.5 Å². The van der Waals surface area contributed by atoms with Gasteiger partial charge in [-0.25, -0.2) is 0 Å². The number of carbonyl (C=O) groups is 1. The van der Waals surface area contributed by atoms with E-state index in [1.165, 1.54) is 28.4 Å². The lowest BCUT2D eigenvalue weighted by atomic mass is 9.99. The van der Waals surface area contributed by atoms with Crippen LogP contribution in [0.1, 0.15) is 36.1 Å². The Morgan fingerprint density at radius 1 is 1.04 bits per heavy atom. The molecule has 3 saturated heterocycles. The second-order valence-corrected chi connectivity index (χ2v) is 13.5. The Morgan fingerprint density at radius 2 is 1.89 bits per heavy atom. The van der Waals surface area contributed by atoms with Crippen LogP contribution >= 0.6 is 0 Å². The fraction of sp³-hybridized carbons (Fsp3) is 0.556. The number of ether oxygens (including phenoxy) is 2. The minimum Gasteiger partial charge on any atom is -0.462 e. The Labute approximate surface area is 277 Å². The van der Waals surface area contributed by atoms with Crippen molar-refractivity contribution in [3.8, 4) is 12.1 Å². The van der Waals surface area contributed by atoms with E-state index in [1.807, 2.05) is 4.90 Å². The molecule has 0 saturated carbocycles. The van der Waals surface area contributed by atoms with Crippen molar-refractivity contribution in [2.75, 3.05) is 83.0 Å². The number of rotatable bonds is 10. The van der Waals surface area contributed by atoms with E-state index < -0.39 is 0 Å². The fourth-order valence-electron chi connectivity index (χ4n) is 7.72. The molecule has 3 aromatic rings. The highest BCUT2D eigenvalue weighted by Gasteiger charge is 2.45. The second kappa shape index (κ2) is 13.6. The standard InChI is InChI=1S/C36H46N8O3/c1-25-7-4-8-26-9-5-11-31(33(25)26)41-16-13-29-30(22-41)38-36(47-24-28-10-6-15-40(28)2)39-34(29)43-17-18-44(27(21-43)12-14-37)35(45)32-23-42(32)19-20-46-3/h4-5,7-9,11,27-28,32H,6,10,12-13,15-24H2,1-3H3/t27-,28-,32+,42?/m0/s1. The molecule has 0 N–H and O–H groups in total. The molecule has 1 unspecified atom stereocenters. The maximum atomic E-state index is 13.5. The number of anilines is 2. The summed E-state index contributed by atoms with van der Waals surface area (Å²) in [5.41, 5.74) is 4.62. The number of hydrogen-bond donors (Lipinski definition) is 0. The quantitative estimate of drug-likeness (QED) is 0.308. The molecular weight excluding hydrogens is 592 g/mol. The lowest BCUT2D eigenvalue weighted by Gasteiger charge is -2.42. The van der Waals surface area contributed by atoms with Crippen molar-refractivity contribution in [3.63, 3.8) is 0 Å². The SMILES string of the molecule is COCCN1C[C@@H]1C(=O)N1CCN(c2nc(OC[C@@H]3CCCN3C)nc3c2CCN(c2cccc4cccc(C)c24)C3)C[C@@H]1CC#N. The van der Waals surface area contributed by atoms with E-state index in [1.54, 1.807) is 7.11 Å². The molecule has 0 radical (unpaired) electrons. The Hall–Kier alpha value is -3.98. The summed E-state index contributed by atoms with van der Waals surface area (Å²) >= 11 is 0. The summed E-state index contributed by atoms with van der Waals surface area (Å²) in [4.78, 5) is 34.8. The van der Waals surface area contributed by atoms with Crippen LogP contribution in [0.3, 0.4) is 0 Å². The molecule has 11 nitrogen and oxygen atoms in total. The third-order valence-electron chi connectivity index (χ3n) is 10.5. The molecule has 3 fully saturated rings. The zero-order valence-electron chi connectivity index (χ0n) is 27.9. The number of methoxy groups -OCH3 is 1. The molecule has 4 aliphatic rings. The lowest BCUT2D eigenvalue weighted by molar-refractivity contribution is -0.134. The summed E-state index contributed by atoms with van der Waals surface area (Å²) in [5, 5.41) is 12.3. The first-order valence-corrected chi connectivity index (χ1v) is 17.1. The van der Waals surface area contributed by atoms with E-state index in [2.05, 4.69) is 76.0 Å². The van der Waals surface area contributed by atoms with Crippen molar-refractivity contribution in [1.82, 2.24) is 24.7 Å². The van der Waals surface area contributed by atoms with Crippen LogP contribution in [0.2, 0.25) is 0 Å². The van der Waals surface area contributed by atoms with Crippen LogP contribution in [0.25, 0.3) is 10.8 Å². The number of aryl methyl sites for hydroxylation is 1. The summed E-state index contributed by atoms with van der Waals surface area (Å²) < 4.78 is 11.6. The third kappa shape index (κ3) is 6.47. The van der Waals surface area contributed by atoms with Crippen molar-refractivity contribution < 1.29 is 14.3 Å². The molecule has 5 heterocycles. The van der Waals surface area contributed by atoms with E-state index in [0.29, 0.717) is 51.4 Å². The van der Waals surface area contributed by atoms with Crippen molar-refractivity contribution in [1.29, 1.82) is 5.26 Å². The predicted molar refractivity (Wildman–Crippen MR) is 182 cm³/mol. The van der Waals surface area contributed by atoms with Crippen molar-refractivity contribution in [2.45, 2.75) is 57.3 Å². The van der Waals surface area contributed by atoms with Gasteiger partial charge in [0.1, 0.15) is 18.5 Å². The second-order valence-electron chi connectivity index (χ2n) is 13.5. The molecule has 1 amide bonds. The highest BCUT2D eigenvalue weighted by atomic mass is 16.5. The zero-order valence-corrected chi connectivity index (χ0v) is 27.9. The highest BCUT2D eigenvalue weighted by Crippen LogP contribution is 2.36. The number of piperazine rings is 1. The first-order valence-electron chi connectivity index (χ1n) is 17.1. The summed E-state index contributed by atoms with van der Waals surface area (Å²) in [6.45, 7) is 9.21. The zero-order chi connectivity index (χ0) is 32.5. The average Bonchev–Trinajstić information content (AvgIpc) is 3.76. The van der Waals surface area contributed by atoms with Gasteiger partial charge in [-0.1, -0.05) is 30.3 Å². The molecule has 1 aromatic heterocycles. The number of likely N-dealkylation sites (N-methyl/N-ethyl adjacent to an activating group) is 1. The van der Waals surface area contributed by atoms with Crippen LogP contribution in [0.5, 0.6) is 6.01 Å². The first-order chi connectivity index (χ1) is 22.9. The van der Waals surface area contributed by atoms with E-state index in [4.69, 9.17) is 19.4 Å². The van der Waals surface area contributed by atoms with Gasteiger partial charge in [0.05, 0.1) is 37.4 Å². The number of amides is 1. The molecule has 11 heteroatoms. The fourth-order valence-corrected chi connectivity index (χ4v) is 7.72. The number of fused-ring (bicyclic) bond motifs is 2. The van der Waals surface area contributed by atoms with Gasteiger partial charge in [0.15, 0.2) is 0 Å². The summed E-state index contributed by atoms with van der Waals surface area (Å²) in [7, 11) is 3.83. The van der Waals surface area contributed by atoms with Crippen molar-refractivity contribution >= 4 is 28.2 Å². The number of hydrogen-bond acceptors (Lipinski definition) is 10. The van der Waals surface area contributed by atoms with Gasteiger partial charge in [0, 0.05) is 69.1 Å². The summed E-state index contributed by atoms with van der Waals surface area (Å²) in [5.74, 6) is 1.01. The number of likely N-dealkylation sites (tertiary alicyclic amines) is 1. The summed E-state index contributed by atoms with van der Waals surface area (Å²) in [6, 6.07) is 15.8. The van der Waals surface area contributed by atoms with Crippen LogP contribution in [-0.4, -0.2) is 122 Å². The Morgan fingerprint density at radius 3 is 2.68 bits per heavy atom. The van der Waals surface area contributed by atoms with Gasteiger partial charge in [-0.05, 0) is 56.8 Å². The third-order valence-corrected chi connectivity index (χ3v) is 10.5. The number of nitriles is 1. The topological polar surface area (TPSA) is 101 Å². The van der Waals surface area contributed by atoms with Crippen LogP contribution < -0.4 is 14.5 Å². The van der Waals surface area contributed by atoms with Crippen molar-refractivity contribution in [2.24, 2.45) is 0 Å². The molecule has 47 heavy (non-hydrogen) atoms. The van der Waals surface area contributed by atoms with E-state index in [9.17, 15) is 10.1 Å². The number of nitrogens with zero attached hydrogens (tertiary/aromatic N) is 8. The maximum absolute atomic E-state index is 13.5. The minimum absolute atomic E-state index is 0.109. The maximum Gasteiger partial charge on any atom is 0.318 e. The van der Waals surface area contributed by atoms with Gasteiger partial charge >= 0.3 is 6.01 Å². The molecule has 0 bridgehead atoms. The Kier molecular flexibility index (Phi) is 9.17. The predicted octanol–water partition coefficient (Wildman–Crippen LogP) is 3.24. The van der Waals surface area contributed by atoms with Gasteiger partial charge in [-0.15, -0.1) is 0 Å². The molecule has 0 aliphatic carbocycles. The molecule has 7 rings (SSSR count). The highest BCUT2D eigenvalue weighted by molar-refractivity contribution is 5.97. The molecule has 4 atom stereocenters. The van der Waals surface area contributed by atoms with E-state index >= 15 is 0 Å².